The first kappa shape index (κ1) is 25.3. The van der Waals surface area contributed by atoms with Gasteiger partial charge in [-0.3, -0.25) is 4.79 Å². The van der Waals surface area contributed by atoms with E-state index in [1.54, 1.807) is 26.0 Å². The number of carbonyl (C=O) groups excluding carboxylic acids is 1. The van der Waals surface area contributed by atoms with Gasteiger partial charge in [-0.25, -0.2) is 4.79 Å². The van der Waals surface area contributed by atoms with E-state index >= 15 is 0 Å². The summed E-state index contributed by atoms with van der Waals surface area (Å²) in [5.41, 5.74) is 2.20. The predicted octanol–water partition coefficient (Wildman–Crippen LogP) is 3.14. The minimum absolute atomic E-state index is 0.0262. The van der Waals surface area contributed by atoms with Gasteiger partial charge in [0, 0.05) is 30.2 Å². The standard InChI is InChI=1S/C25H31NO8/c1-25(2,22(24(28)29)33-11-10-30-3)14-34-20-17(8-9-19(31-4)21(20)32-5)15-6-7-18-16(12-15)13-26-23(18)27/h6-9,12,22H,10-11,13-14H2,1-5H3,(H,26,27)(H,28,29). The third kappa shape index (κ3) is 5.26. The highest BCUT2D eigenvalue weighted by Gasteiger charge is 2.38. The maximum absolute atomic E-state index is 12.0. The number of aliphatic carboxylic acids is 1. The van der Waals surface area contributed by atoms with Crippen LogP contribution in [0.15, 0.2) is 30.3 Å². The number of amides is 1. The van der Waals surface area contributed by atoms with Gasteiger partial charge in [0.2, 0.25) is 5.75 Å². The molecule has 1 aliphatic heterocycles. The van der Waals surface area contributed by atoms with Crippen molar-refractivity contribution in [2.75, 3.05) is 41.2 Å². The van der Waals surface area contributed by atoms with Gasteiger partial charge in [0.1, 0.15) is 0 Å². The SMILES string of the molecule is COCCOC(C(=O)O)C(C)(C)COc1c(-c2ccc3c(c2)CNC3=O)ccc(OC)c1OC. The Morgan fingerprint density at radius 3 is 2.44 bits per heavy atom. The molecule has 1 unspecified atom stereocenters. The second kappa shape index (κ2) is 10.8. The van der Waals surface area contributed by atoms with E-state index in [0.717, 1.165) is 16.7 Å². The van der Waals surface area contributed by atoms with Crippen molar-refractivity contribution in [1.29, 1.82) is 0 Å². The summed E-state index contributed by atoms with van der Waals surface area (Å²) < 4.78 is 27.8. The van der Waals surface area contributed by atoms with Gasteiger partial charge in [0.25, 0.3) is 5.91 Å². The van der Waals surface area contributed by atoms with Crippen LogP contribution >= 0.6 is 0 Å². The summed E-state index contributed by atoms with van der Waals surface area (Å²) in [5, 5.41) is 12.5. The number of carboxylic acid groups (broad SMARTS) is 1. The summed E-state index contributed by atoms with van der Waals surface area (Å²) in [6.45, 7) is 4.43. The smallest absolute Gasteiger partial charge is 0.333 e. The van der Waals surface area contributed by atoms with E-state index in [1.165, 1.54) is 21.3 Å². The van der Waals surface area contributed by atoms with Crippen LogP contribution in [0.25, 0.3) is 11.1 Å². The number of carboxylic acids is 1. The summed E-state index contributed by atoms with van der Waals surface area (Å²) in [4.78, 5) is 23.8. The summed E-state index contributed by atoms with van der Waals surface area (Å²) in [5.74, 6) is 0.0904. The number of rotatable bonds is 12. The van der Waals surface area contributed by atoms with Gasteiger partial charge in [-0.2, -0.15) is 0 Å². The summed E-state index contributed by atoms with van der Waals surface area (Å²) >= 11 is 0. The average Bonchev–Trinajstić information content (AvgIpc) is 3.19. The maximum atomic E-state index is 12.0. The Kier molecular flexibility index (Phi) is 8.01. The molecule has 9 heteroatoms. The number of ether oxygens (including phenoxy) is 5. The molecular weight excluding hydrogens is 442 g/mol. The first-order chi connectivity index (χ1) is 16.2. The second-order valence-corrected chi connectivity index (χ2v) is 8.59. The minimum Gasteiger partial charge on any atom is -0.493 e. The molecular formula is C25H31NO8. The number of fused-ring (bicyclic) bond motifs is 1. The zero-order valence-electron chi connectivity index (χ0n) is 20.1. The molecule has 0 aromatic heterocycles. The van der Waals surface area contributed by atoms with Gasteiger partial charge in [-0.15, -0.1) is 0 Å². The van der Waals surface area contributed by atoms with Crippen LogP contribution in [0.3, 0.4) is 0 Å². The third-order valence-corrected chi connectivity index (χ3v) is 5.69. The number of benzene rings is 2. The van der Waals surface area contributed by atoms with E-state index in [9.17, 15) is 14.7 Å². The van der Waals surface area contributed by atoms with Crippen molar-refractivity contribution in [1.82, 2.24) is 5.32 Å². The van der Waals surface area contributed by atoms with E-state index < -0.39 is 17.5 Å². The van der Waals surface area contributed by atoms with E-state index in [0.29, 0.717) is 29.4 Å². The van der Waals surface area contributed by atoms with Gasteiger partial charge in [0.15, 0.2) is 17.6 Å². The minimum atomic E-state index is -1.11. The summed E-state index contributed by atoms with van der Waals surface area (Å²) in [6.07, 6.45) is -1.11. The van der Waals surface area contributed by atoms with Crippen molar-refractivity contribution < 1.29 is 38.4 Å². The van der Waals surface area contributed by atoms with Crippen molar-refractivity contribution in [2.45, 2.75) is 26.5 Å². The van der Waals surface area contributed by atoms with Gasteiger partial charge in [-0.05, 0) is 35.4 Å². The lowest BCUT2D eigenvalue weighted by Gasteiger charge is -2.31. The van der Waals surface area contributed by atoms with Crippen LogP contribution in [0.2, 0.25) is 0 Å². The van der Waals surface area contributed by atoms with Crippen molar-refractivity contribution in [3.8, 4) is 28.4 Å². The van der Waals surface area contributed by atoms with Gasteiger partial charge < -0.3 is 34.1 Å². The Labute approximate surface area is 198 Å². The number of methoxy groups -OCH3 is 3. The molecule has 2 N–H and O–H groups in total. The Hall–Kier alpha value is -3.30. The fraction of sp³-hybridized carbons (Fsp3) is 0.440. The zero-order valence-corrected chi connectivity index (χ0v) is 20.1. The summed E-state index contributed by atoms with van der Waals surface area (Å²) in [6, 6.07) is 9.18. The van der Waals surface area contributed by atoms with Crippen LogP contribution in [0.4, 0.5) is 0 Å². The molecule has 0 saturated heterocycles. The maximum Gasteiger partial charge on any atom is 0.333 e. The van der Waals surface area contributed by atoms with Gasteiger partial charge in [0.05, 0.1) is 34.0 Å². The van der Waals surface area contributed by atoms with E-state index in [1.807, 2.05) is 18.2 Å². The van der Waals surface area contributed by atoms with E-state index in [2.05, 4.69) is 5.32 Å². The van der Waals surface area contributed by atoms with Crippen LogP contribution in [0, 0.1) is 5.41 Å². The topological polar surface area (TPSA) is 113 Å². The fourth-order valence-electron chi connectivity index (χ4n) is 3.88. The highest BCUT2D eigenvalue weighted by atomic mass is 16.6. The number of carbonyl (C=O) groups is 2. The van der Waals surface area contributed by atoms with Crippen molar-refractivity contribution in [3.05, 3.63) is 41.5 Å². The molecule has 2 aromatic carbocycles. The molecule has 1 atom stereocenters. The Bertz CT molecular complexity index is 1050. The molecule has 2 aromatic rings. The molecule has 0 radical (unpaired) electrons. The monoisotopic (exact) mass is 473 g/mol. The molecule has 0 spiro atoms. The van der Waals surface area contributed by atoms with E-state index in [4.69, 9.17) is 23.7 Å². The van der Waals surface area contributed by atoms with Crippen molar-refractivity contribution >= 4 is 11.9 Å². The molecule has 34 heavy (non-hydrogen) atoms. The Morgan fingerprint density at radius 1 is 1.06 bits per heavy atom. The van der Waals surface area contributed by atoms with Crippen LogP contribution < -0.4 is 19.5 Å². The van der Waals surface area contributed by atoms with Gasteiger partial charge in [-0.1, -0.05) is 19.9 Å². The molecule has 1 aliphatic rings. The Morgan fingerprint density at radius 2 is 1.79 bits per heavy atom. The highest BCUT2D eigenvalue weighted by Crippen LogP contribution is 2.45. The molecule has 0 aliphatic carbocycles. The summed E-state index contributed by atoms with van der Waals surface area (Å²) in [7, 11) is 4.57. The van der Waals surface area contributed by atoms with Crippen molar-refractivity contribution in [2.24, 2.45) is 5.41 Å². The van der Waals surface area contributed by atoms with Crippen molar-refractivity contribution in [3.63, 3.8) is 0 Å². The van der Waals surface area contributed by atoms with Crippen LogP contribution in [-0.4, -0.2) is 64.2 Å². The number of hydrogen-bond acceptors (Lipinski definition) is 7. The molecule has 3 rings (SSSR count). The molecule has 9 nitrogen and oxygen atoms in total. The lowest BCUT2D eigenvalue weighted by molar-refractivity contribution is -0.162. The quantitative estimate of drug-likeness (QED) is 0.452. The Balaban J connectivity index is 1.96. The second-order valence-electron chi connectivity index (χ2n) is 8.59. The first-order valence-electron chi connectivity index (χ1n) is 10.9. The largest absolute Gasteiger partial charge is 0.493 e. The third-order valence-electron chi connectivity index (χ3n) is 5.69. The molecule has 1 amide bonds. The predicted molar refractivity (Wildman–Crippen MR) is 125 cm³/mol. The van der Waals surface area contributed by atoms with Crippen LogP contribution in [-0.2, 0) is 20.8 Å². The fourth-order valence-corrected chi connectivity index (χ4v) is 3.88. The molecule has 184 valence electrons. The van der Waals surface area contributed by atoms with Gasteiger partial charge >= 0.3 is 5.97 Å². The molecule has 1 heterocycles. The molecule has 0 fully saturated rings. The van der Waals surface area contributed by atoms with Crippen LogP contribution in [0.1, 0.15) is 29.8 Å². The number of hydrogen-bond donors (Lipinski definition) is 2. The van der Waals surface area contributed by atoms with E-state index in [-0.39, 0.29) is 25.7 Å². The lowest BCUT2D eigenvalue weighted by atomic mass is 9.87. The lowest BCUT2D eigenvalue weighted by Crippen LogP contribution is -2.43. The average molecular weight is 474 g/mol. The number of nitrogens with one attached hydrogen (secondary N) is 1. The molecule has 0 bridgehead atoms. The highest BCUT2D eigenvalue weighted by molar-refractivity contribution is 5.99. The first-order valence-corrected chi connectivity index (χ1v) is 10.9. The normalized spacial score (nSPS) is 13.7. The molecule has 0 saturated carbocycles. The van der Waals surface area contributed by atoms with Crippen LogP contribution in [0.5, 0.6) is 17.2 Å². The zero-order chi connectivity index (χ0) is 24.9.